The van der Waals surface area contributed by atoms with E-state index >= 15 is 0 Å². The van der Waals surface area contributed by atoms with E-state index in [-0.39, 0.29) is 25.2 Å². The number of carbonyl (C=O) groups is 1. The van der Waals surface area contributed by atoms with Gasteiger partial charge in [0, 0.05) is 23.4 Å². The lowest BCUT2D eigenvalue weighted by molar-refractivity contribution is -0.121. The Morgan fingerprint density at radius 1 is 1.17 bits per heavy atom. The number of fused-ring (bicyclic) bond motifs is 1. The lowest BCUT2D eigenvalue weighted by Gasteiger charge is -2.14. The summed E-state index contributed by atoms with van der Waals surface area (Å²) in [7, 11) is 0. The molecule has 1 aliphatic rings. The number of benzene rings is 2. The number of carbonyl (C=O) groups excluding carboxylic acids is 1. The van der Waals surface area contributed by atoms with Crippen molar-refractivity contribution in [3.8, 4) is 22.8 Å². The SMILES string of the molecule is C[C@@H](NC(=O)CCc1ncc(-c2ccc(Cl)cc2Cl)o1)c1ccc2c(c1)OCO2. The Kier molecular flexibility index (Phi) is 5.65. The van der Waals surface area contributed by atoms with Gasteiger partial charge in [0.25, 0.3) is 0 Å². The number of hydrogen-bond donors (Lipinski definition) is 1. The Balaban J connectivity index is 1.33. The average molecular weight is 433 g/mol. The maximum absolute atomic E-state index is 12.3. The molecular weight excluding hydrogens is 415 g/mol. The fraction of sp³-hybridized carbons (Fsp3) is 0.238. The van der Waals surface area contributed by atoms with Crippen molar-refractivity contribution in [2.75, 3.05) is 6.79 Å². The van der Waals surface area contributed by atoms with Crippen LogP contribution in [0.25, 0.3) is 11.3 Å². The number of ether oxygens (including phenoxy) is 2. The Labute approximate surface area is 177 Å². The van der Waals surface area contributed by atoms with E-state index in [2.05, 4.69) is 10.3 Å². The van der Waals surface area contributed by atoms with Crippen molar-refractivity contribution in [3.05, 3.63) is 64.1 Å². The first kappa shape index (κ1) is 19.6. The predicted molar refractivity (Wildman–Crippen MR) is 109 cm³/mol. The highest BCUT2D eigenvalue weighted by Gasteiger charge is 2.17. The van der Waals surface area contributed by atoms with E-state index in [9.17, 15) is 4.79 Å². The minimum Gasteiger partial charge on any atom is -0.454 e. The van der Waals surface area contributed by atoms with Gasteiger partial charge in [-0.3, -0.25) is 4.79 Å². The van der Waals surface area contributed by atoms with Crippen LogP contribution in [0.5, 0.6) is 11.5 Å². The van der Waals surface area contributed by atoms with Gasteiger partial charge < -0.3 is 19.2 Å². The maximum Gasteiger partial charge on any atom is 0.231 e. The Hall–Kier alpha value is -2.70. The molecular formula is C21H18Cl2N2O4. The monoisotopic (exact) mass is 432 g/mol. The van der Waals surface area contributed by atoms with Gasteiger partial charge in [0.1, 0.15) is 0 Å². The average Bonchev–Trinajstić information content (AvgIpc) is 3.35. The maximum atomic E-state index is 12.3. The summed E-state index contributed by atoms with van der Waals surface area (Å²) in [6, 6.07) is 10.6. The van der Waals surface area contributed by atoms with Crippen LogP contribution in [0.3, 0.4) is 0 Å². The Morgan fingerprint density at radius 3 is 2.83 bits per heavy atom. The third kappa shape index (κ3) is 4.49. The van der Waals surface area contributed by atoms with Crippen molar-refractivity contribution in [2.45, 2.75) is 25.8 Å². The van der Waals surface area contributed by atoms with Crippen LogP contribution in [-0.2, 0) is 11.2 Å². The third-order valence-electron chi connectivity index (χ3n) is 4.59. The number of aromatic nitrogens is 1. The Morgan fingerprint density at radius 2 is 2.00 bits per heavy atom. The molecule has 0 saturated carbocycles. The fourth-order valence-electron chi connectivity index (χ4n) is 3.04. The minimum absolute atomic E-state index is 0.0977. The van der Waals surface area contributed by atoms with Crippen LogP contribution in [0.2, 0.25) is 10.0 Å². The minimum atomic E-state index is -0.162. The van der Waals surface area contributed by atoms with Crippen molar-refractivity contribution in [1.82, 2.24) is 10.3 Å². The second kappa shape index (κ2) is 8.35. The summed E-state index contributed by atoms with van der Waals surface area (Å²) in [5.74, 6) is 2.32. The number of amides is 1. The normalized spacial score (nSPS) is 13.3. The number of nitrogens with zero attached hydrogens (tertiary/aromatic N) is 1. The van der Waals surface area contributed by atoms with Crippen LogP contribution >= 0.6 is 23.2 Å². The zero-order chi connectivity index (χ0) is 20.4. The van der Waals surface area contributed by atoms with Gasteiger partial charge in [-0.2, -0.15) is 0 Å². The second-order valence-corrected chi connectivity index (χ2v) is 7.49. The summed E-state index contributed by atoms with van der Waals surface area (Å²) in [5, 5.41) is 4.00. The highest BCUT2D eigenvalue weighted by molar-refractivity contribution is 6.36. The van der Waals surface area contributed by atoms with Crippen molar-refractivity contribution >= 4 is 29.1 Å². The van der Waals surface area contributed by atoms with E-state index in [4.69, 9.17) is 37.1 Å². The van der Waals surface area contributed by atoms with E-state index < -0.39 is 0 Å². The van der Waals surface area contributed by atoms with Crippen molar-refractivity contribution < 1.29 is 18.7 Å². The smallest absolute Gasteiger partial charge is 0.231 e. The van der Waals surface area contributed by atoms with Crippen LogP contribution < -0.4 is 14.8 Å². The molecule has 0 aliphatic carbocycles. The van der Waals surface area contributed by atoms with Crippen molar-refractivity contribution in [2.24, 2.45) is 0 Å². The zero-order valence-electron chi connectivity index (χ0n) is 15.6. The van der Waals surface area contributed by atoms with Crippen LogP contribution in [-0.4, -0.2) is 17.7 Å². The molecule has 8 heteroatoms. The molecule has 29 heavy (non-hydrogen) atoms. The summed E-state index contributed by atoms with van der Waals surface area (Å²) in [4.78, 5) is 16.6. The molecule has 3 aromatic rings. The van der Waals surface area contributed by atoms with E-state index in [1.165, 1.54) is 0 Å². The van der Waals surface area contributed by atoms with Crippen LogP contribution in [0, 0.1) is 0 Å². The molecule has 0 bridgehead atoms. The van der Waals surface area contributed by atoms with Gasteiger partial charge in [-0.25, -0.2) is 4.98 Å². The standard InChI is InChI=1S/C21H18Cl2N2O4/c1-12(13-2-5-17-18(8-13)28-11-27-17)25-20(26)6-7-21-24-10-19(29-21)15-4-3-14(22)9-16(15)23/h2-5,8-10,12H,6-7,11H2,1H3,(H,25,26)/t12-/m1/s1. The molecule has 0 radical (unpaired) electrons. The van der Waals surface area contributed by atoms with E-state index in [0.717, 1.165) is 5.56 Å². The van der Waals surface area contributed by atoms with Crippen LogP contribution in [0.1, 0.15) is 30.8 Å². The largest absolute Gasteiger partial charge is 0.454 e. The first-order valence-electron chi connectivity index (χ1n) is 9.08. The van der Waals surface area contributed by atoms with E-state index in [0.29, 0.717) is 45.2 Å². The van der Waals surface area contributed by atoms with Gasteiger partial charge >= 0.3 is 0 Å². The van der Waals surface area contributed by atoms with Crippen LogP contribution in [0.4, 0.5) is 0 Å². The molecule has 1 aliphatic heterocycles. The summed E-state index contributed by atoms with van der Waals surface area (Å²) < 4.78 is 16.4. The topological polar surface area (TPSA) is 73.6 Å². The first-order valence-corrected chi connectivity index (χ1v) is 9.84. The molecule has 1 atom stereocenters. The van der Waals surface area contributed by atoms with Gasteiger partial charge in [0.15, 0.2) is 23.1 Å². The number of halogens is 2. The zero-order valence-corrected chi connectivity index (χ0v) is 17.1. The van der Waals surface area contributed by atoms with Gasteiger partial charge in [0.05, 0.1) is 17.3 Å². The van der Waals surface area contributed by atoms with E-state index in [1.54, 1.807) is 24.4 Å². The molecule has 1 aromatic heterocycles. The molecule has 4 rings (SSSR count). The number of hydrogen-bond acceptors (Lipinski definition) is 5. The number of nitrogens with one attached hydrogen (secondary N) is 1. The number of aryl methyl sites for hydroxylation is 1. The third-order valence-corrected chi connectivity index (χ3v) is 5.14. The lowest BCUT2D eigenvalue weighted by atomic mass is 10.1. The highest BCUT2D eigenvalue weighted by atomic mass is 35.5. The van der Waals surface area contributed by atoms with Gasteiger partial charge in [0.2, 0.25) is 12.7 Å². The molecule has 1 N–H and O–H groups in total. The molecule has 2 aromatic carbocycles. The molecule has 0 saturated heterocycles. The molecule has 2 heterocycles. The fourth-order valence-corrected chi connectivity index (χ4v) is 3.54. The Bertz CT molecular complexity index is 1050. The summed E-state index contributed by atoms with van der Waals surface area (Å²) >= 11 is 12.1. The molecule has 0 unspecified atom stereocenters. The molecule has 1 amide bonds. The van der Waals surface area contributed by atoms with E-state index in [1.807, 2.05) is 25.1 Å². The molecule has 150 valence electrons. The number of oxazole rings is 1. The molecule has 0 fully saturated rings. The second-order valence-electron chi connectivity index (χ2n) is 6.64. The van der Waals surface area contributed by atoms with Gasteiger partial charge in [-0.15, -0.1) is 0 Å². The predicted octanol–water partition coefficient (Wildman–Crippen LogP) is 5.19. The van der Waals surface area contributed by atoms with Gasteiger partial charge in [-0.05, 0) is 42.8 Å². The quantitative estimate of drug-likeness (QED) is 0.580. The number of rotatable bonds is 6. The molecule has 0 spiro atoms. The summed E-state index contributed by atoms with van der Waals surface area (Å²) in [5.41, 5.74) is 1.65. The summed E-state index contributed by atoms with van der Waals surface area (Å²) in [6.07, 6.45) is 2.23. The highest BCUT2D eigenvalue weighted by Crippen LogP contribution is 2.34. The molecule has 6 nitrogen and oxygen atoms in total. The first-order chi connectivity index (χ1) is 14.0. The van der Waals surface area contributed by atoms with Crippen LogP contribution in [0.15, 0.2) is 47.0 Å². The van der Waals surface area contributed by atoms with Crippen molar-refractivity contribution in [3.63, 3.8) is 0 Å². The lowest BCUT2D eigenvalue weighted by Crippen LogP contribution is -2.26. The summed E-state index contributed by atoms with van der Waals surface area (Å²) in [6.45, 7) is 2.14. The van der Waals surface area contributed by atoms with Gasteiger partial charge in [-0.1, -0.05) is 29.3 Å². The van der Waals surface area contributed by atoms with Crippen molar-refractivity contribution in [1.29, 1.82) is 0 Å².